The Hall–Kier alpha value is -0.710. The van der Waals surface area contributed by atoms with Crippen LogP contribution in [-0.2, 0) is 9.59 Å². The van der Waals surface area contributed by atoms with Gasteiger partial charge in [0.2, 0.25) is 5.91 Å². The highest BCUT2D eigenvalue weighted by molar-refractivity contribution is 8.00. The van der Waals surface area contributed by atoms with Crippen molar-refractivity contribution in [3.63, 3.8) is 0 Å². The third-order valence-electron chi connectivity index (χ3n) is 2.94. The summed E-state index contributed by atoms with van der Waals surface area (Å²) >= 11 is 1.55. The van der Waals surface area contributed by atoms with Crippen LogP contribution >= 0.6 is 11.8 Å². The normalized spacial score (nSPS) is 25.1. The van der Waals surface area contributed by atoms with E-state index in [-0.39, 0.29) is 5.91 Å². The molecular formula is C11H19NO3S. The molecule has 1 N–H and O–H groups in total. The fraction of sp³-hybridized carbons (Fsp3) is 0.818. The van der Waals surface area contributed by atoms with Gasteiger partial charge in [-0.15, -0.1) is 11.8 Å². The molecule has 0 aliphatic carbocycles. The number of hydrogen-bond acceptors (Lipinski definition) is 3. The van der Waals surface area contributed by atoms with E-state index in [1.807, 2.05) is 13.8 Å². The molecule has 1 heterocycles. The molecule has 1 fully saturated rings. The summed E-state index contributed by atoms with van der Waals surface area (Å²) < 4.78 is 0. The lowest BCUT2D eigenvalue weighted by Crippen LogP contribution is -2.51. The van der Waals surface area contributed by atoms with Crippen molar-refractivity contribution in [2.45, 2.75) is 44.4 Å². The van der Waals surface area contributed by atoms with Crippen LogP contribution < -0.4 is 0 Å². The number of nitrogens with zero attached hydrogens (tertiary/aromatic N) is 1. The number of carboxylic acids is 1. The second-order valence-electron chi connectivity index (χ2n) is 4.59. The molecule has 92 valence electrons. The maximum Gasteiger partial charge on any atom is 0.329 e. The Bertz CT molecular complexity index is 293. The number of aliphatic carboxylic acids is 1. The van der Waals surface area contributed by atoms with Gasteiger partial charge in [0.15, 0.2) is 0 Å². The Kier molecular flexibility index (Phi) is 4.24. The van der Waals surface area contributed by atoms with E-state index in [9.17, 15) is 9.59 Å². The molecule has 0 saturated carbocycles. The van der Waals surface area contributed by atoms with E-state index in [2.05, 4.69) is 0 Å². The maximum absolute atomic E-state index is 11.9. The van der Waals surface area contributed by atoms with E-state index in [1.165, 1.54) is 4.90 Å². The Labute approximate surface area is 100 Å². The quantitative estimate of drug-likeness (QED) is 0.817. The number of hydrogen-bond donors (Lipinski definition) is 1. The maximum atomic E-state index is 11.9. The Morgan fingerprint density at radius 2 is 2.12 bits per heavy atom. The van der Waals surface area contributed by atoms with Crippen molar-refractivity contribution in [2.24, 2.45) is 0 Å². The van der Waals surface area contributed by atoms with Gasteiger partial charge in [0.25, 0.3) is 0 Å². The van der Waals surface area contributed by atoms with Crippen molar-refractivity contribution in [1.82, 2.24) is 4.90 Å². The molecule has 1 atom stereocenters. The first-order valence-electron chi connectivity index (χ1n) is 5.53. The molecule has 0 spiro atoms. The third kappa shape index (κ3) is 2.70. The molecular weight excluding hydrogens is 226 g/mol. The number of thioether (sulfide) groups is 1. The van der Waals surface area contributed by atoms with Gasteiger partial charge in [-0.3, -0.25) is 4.79 Å². The third-order valence-corrected chi connectivity index (χ3v) is 4.02. The van der Waals surface area contributed by atoms with Crippen LogP contribution in [0.3, 0.4) is 0 Å². The van der Waals surface area contributed by atoms with Crippen LogP contribution in [0.4, 0.5) is 0 Å². The highest BCUT2D eigenvalue weighted by Crippen LogP contribution is 2.30. The summed E-state index contributed by atoms with van der Waals surface area (Å²) in [5, 5.41) is 9.56. The second-order valence-corrected chi connectivity index (χ2v) is 6.15. The highest BCUT2D eigenvalue weighted by Gasteiger charge is 2.45. The monoisotopic (exact) mass is 245 g/mol. The SMILES string of the molecule is CC(C)SCC(=O)N1CCCC1(C)C(=O)O. The zero-order chi connectivity index (χ0) is 12.3. The lowest BCUT2D eigenvalue weighted by molar-refractivity contribution is -0.154. The van der Waals surface area contributed by atoms with Crippen LogP contribution in [0.2, 0.25) is 0 Å². The largest absolute Gasteiger partial charge is 0.480 e. The highest BCUT2D eigenvalue weighted by atomic mass is 32.2. The predicted molar refractivity (Wildman–Crippen MR) is 64.6 cm³/mol. The molecule has 0 aromatic heterocycles. The van der Waals surface area contributed by atoms with Gasteiger partial charge in [0.05, 0.1) is 5.75 Å². The zero-order valence-corrected chi connectivity index (χ0v) is 10.8. The number of carbonyl (C=O) groups excluding carboxylic acids is 1. The molecule has 1 amide bonds. The van der Waals surface area contributed by atoms with Crippen molar-refractivity contribution in [3.8, 4) is 0 Å². The fourth-order valence-electron chi connectivity index (χ4n) is 1.90. The molecule has 0 bridgehead atoms. The molecule has 16 heavy (non-hydrogen) atoms. The van der Waals surface area contributed by atoms with Gasteiger partial charge in [-0.25, -0.2) is 4.79 Å². The van der Waals surface area contributed by atoms with Crippen LogP contribution in [0.5, 0.6) is 0 Å². The molecule has 1 saturated heterocycles. The van der Waals surface area contributed by atoms with Crippen molar-refractivity contribution in [2.75, 3.05) is 12.3 Å². The minimum absolute atomic E-state index is 0.0545. The molecule has 0 radical (unpaired) electrons. The summed E-state index contributed by atoms with van der Waals surface area (Å²) in [5.41, 5.74) is -0.991. The zero-order valence-electron chi connectivity index (χ0n) is 10.0. The number of amides is 1. The first kappa shape index (κ1) is 13.4. The van der Waals surface area contributed by atoms with Gasteiger partial charge in [-0.2, -0.15) is 0 Å². The van der Waals surface area contributed by atoms with E-state index in [1.54, 1.807) is 18.7 Å². The van der Waals surface area contributed by atoms with Gasteiger partial charge in [0, 0.05) is 6.54 Å². The van der Waals surface area contributed by atoms with Crippen molar-refractivity contribution in [1.29, 1.82) is 0 Å². The summed E-state index contributed by atoms with van der Waals surface area (Å²) in [6.45, 7) is 6.26. The van der Waals surface area contributed by atoms with Crippen LogP contribution in [0.25, 0.3) is 0 Å². The molecule has 4 nitrogen and oxygen atoms in total. The smallest absolute Gasteiger partial charge is 0.329 e. The van der Waals surface area contributed by atoms with Crippen molar-refractivity contribution in [3.05, 3.63) is 0 Å². The minimum Gasteiger partial charge on any atom is -0.480 e. The van der Waals surface area contributed by atoms with Crippen molar-refractivity contribution >= 4 is 23.6 Å². The van der Waals surface area contributed by atoms with Gasteiger partial charge in [-0.05, 0) is 25.0 Å². The Morgan fingerprint density at radius 3 is 2.62 bits per heavy atom. The van der Waals surface area contributed by atoms with Gasteiger partial charge >= 0.3 is 5.97 Å². The van der Waals surface area contributed by atoms with E-state index >= 15 is 0 Å². The van der Waals surface area contributed by atoms with Crippen molar-refractivity contribution < 1.29 is 14.7 Å². The van der Waals surface area contributed by atoms with Crippen LogP contribution in [-0.4, -0.2) is 45.0 Å². The van der Waals surface area contributed by atoms with Crippen LogP contribution in [0.15, 0.2) is 0 Å². The average Bonchev–Trinajstić information content (AvgIpc) is 2.58. The van der Waals surface area contributed by atoms with Gasteiger partial charge in [0.1, 0.15) is 5.54 Å². The number of carboxylic acid groups (broad SMARTS) is 1. The lowest BCUT2D eigenvalue weighted by Gasteiger charge is -2.31. The van der Waals surface area contributed by atoms with Crippen LogP contribution in [0, 0.1) is 0 Å². The first-order valence-corrected chi connectivity index (χ1v) is 6.58. The number of likely N-dealkylation sites (tertiary alicyclic amines) is 1. The van der Waals surface area contributed by atoms with E-state index in [4.69, 9.17) is 5.11 Å². The molecule has 1 rings (SSSR count). The van der Waals surface area contributed by atoms with Gasteiger partial charge in [-0.1, -0.05) is 13.8 Å². The molecule has 1 unspecified atom stereocenters. The second kappa shape index (κ2) is 5.08. The Balaban J connectivity index is 2.65. The minimum atomic E-state index is -0.991. The number of rotatable bonds is 4. The Morgan fingerprint density at radius 1 is 1.50 bits per heavy atom. The average molecular weight is 245 g/mol. The van der Waals surface area contributed by atoms with E-state index < -0.39 is 11.5 Å². The topological polar surface area (TPSA) is 57.6 Å². The van der Waals surface area contributed by atoms with Crippen LogP contribution in [0.1, 0.15) is 33.6 Å². The molecule has 1 aliphatic rings. The fourth-order valence-corrected chi connectivity index (χ4v) is 2.53. The molecule has 1 aliphatic heterocycles. The summed E-state index contributed by atoms with van der Waals surface area (Å²) in [7, 11) is 0. The van der Waals surface area contributed by atoms with Gasteiger partial charge < -0.3 is 10.0 Å². The standard InChI is InChI=1S/C11H19NO3S/c1-8(2)16-7-9(13)12-6-4-5-11(12,3)10(14)15/h8H,4-7H2,1-3H3,(H,14,15). The lowest BCUT2D eigenvalue weighted by atomic mass is 9.99. The predicted octanol–water partition coefficient (Wildman–Crippen LogP) is 1.59. The summed E-state index contributed by atoms with van der Waals surface area (Å²) in [6.07, 6.45) is 1.33. The summed E-state index contributed by atoms with van der Waals surface area (Å²) in [4.78, 5) is 24.6. The molecule has 0 aromatic carbocycles. The summed E-state index contributed by atoms with van der Waals surface area (Å²) in [5.74, 6) is -0.574. The first-order chi connectivity index (χ1) is 7.38. The molecule has 5 heteroatoms. The summed E-state index contributed by atoms with van der Waals surface area (Å²) in [6, 6.07) is 0. The molecule has 0 aromatic rings. The van der Waals surface area contributed by atoms with E-state index in [0.29, 0.717) is 24.0 Å². The number of carbonyl (C=O) groups is 2. The van der Waals surface area contributed by atoms with E-state index in [0.717, 1.165) is 6.42 Å².